The van der Waals surface area contributed by atoms with Crippen molar-refractivity contribution in [3.63, 3.8) is 0 Å². The standard InChI is InChI=1S/C14H20N2O3S2/c1-20-11-14(17)15-12-5-7-13(8-6-12)21(18,19)16-9-3-2-4-10-16/h5-8H,2-4,9-11H2,1H3,(H,15,17). The molecular weight excluding hydrogens is 308 g/mol. The zero-order chi connectivity index (χ0) is 15.3. The maximum Gasteiger partial charge on any atom is 0.243 e. The first-order valence-electron chi connectivity index (χ1n) is 6.93. The molecular formula is C14H20N2O3S2. The number of hydrogen-bond acceptors (Lipinski definition) is 4. The summed E-state index contributed by atoms with van der Waals surface area (Å²) in [5.41, 5.74) is 0.617. The average molecular weight is 328 g/mol. The molecule has 0 aromatic heterocycles. The van der Waals surface area contributed by atoms with E-state index < -0.39 is 10.0 Å². The molecule has 5 nitrogen and oxygen atoms in total. The first-order chi connectivity index (χ1) is 10.0. The fourth-order valence-corrected chi connectivity index (χ4v) is 4.14. The van der Waals surface area contributed by atoms with Gasteiger partial charge in [-0.3, -0.25) is 4.79 Å². The minimum Gasteiger partial charge on any atom is -0.325 e. The summed E-state index contributed by atoms with van der Waals surface area (Å²) in [6, 6.07) is 6.38. The van der Waals surface area contributed by atoms with Gasteiger partial charge in [0, 0.05) is 18.8 Å². The van der Waals surface area contributed by atoms with Crippen LogP contribution in [0.1, 0.15) is 19.3 Å². The Bertz CT molecular complexity index is 579. The Balaban J connectivity index is 2.09. The normalized spacial score (nSPS) is 16.6. The van der Waals surface area contributed by atoms with Gasteiger partial charge in [-0.05, 0) is 43.4 Å². The third-order valence-electron chi connectivity index (χ3n) is 3.37. The summed E-state index contributed by atoms with van der Waals surface area (Å²) in [6.07, 6.45) is 4.78. The van der Waals surface area contributed by atoms with E-state index in [0.29, 0.717) is 24.5 Å². The highest BCUT2D eigenvalue weighted by Gasteiger charge is 2.25. The molecule has 0 radical (unpaired) electrons. The molecule has 1 aromatic rings. The molecule has 116 valence electrons. The zero-order valence-corrected chi connectivity index (χ0v) is 13.7. The molecule has 0 aliphatic carbocycles. The van der Waals surface area contributed by atoms with Crippen molar-refractivity contribution in [1.82, 2.24) is 4.31 Å². The molecule has 0 spiro atoms. The number of thioether (sulfide) groups is 1. The summed E-state index contributed by atoms with van der Waals surface area (Å²) in [4.78, 5) is 11.8. The van der Waals surface area contributed by atoms with Crippen LogP contribution in [0.2, 0.25) is 0 Å². The Morgan fingerprint density at radius 2 is 1.81 bits per heavy atom. The first kappa shape index (κ1) is 16.3. The minimum atomic E-state index is -3.40. The van der Waals surface area contributed by atoms with Gasteiger partial charge in [0.05, 0.1) is 10.6 Å². The van der Waals surface area contributed by atoms with Crippen molar-refractivity contribution < 1.29 is 13.2 Å². The average Bonchev–Trinajstić information content (AvgIpc) is 2.49. The molecule has 2 rings (SSSR count). The number of piperidine rings is 1. The molecule has 1 amide bonds. The Kier molecular flexibility index (Phi) is 5.66. The Morgan fingerprint density at radius 1 is 1.19 bits per heavy atom. The highest BCUT2D eigenvalue weighted by Crippen LogP contribution is 2.22. The van der Waals surface area contributed by atoms with Crippen molar-refractivity contribution >= 4 is 33.4 Å². The zero-order valence-electron chi connectivity index (χ0n) is 12.0. The van der Waals surface area contributed by atoms with Crippen molar-refractivity contribution in [2.24, 2.45) is 0 Å². The van der Waals surface area contributed by atoms with Gasteiger partial charge in [-0.2, -0.15) is 16.1 Å². The summed E-state index contributed by atoms with van der Waals surface area (Å²) in [5, 5.41) is 2.73. The van der Waals surface area contributed by atoms with Crippen LogP contribution in [0.3, 0.4) is 0 Å². The van der Waals surface area contributed by atoms with Crippen LogP contribution >= 0.6 is 11.8 Å². The van der Waals surface area contributed by atoms with E-state index in [1.165, 1.54) is 16.1 Å². The first-order valence-corrected chi connectivity index (χ1v) is 9.76. The second-order valence-electron chi connectivity index (χ2n) is 4.97. The minimum absolute atomic E-state index is 0.0888. The molecule has 1 fully saturated rings. The molecule has 0 atom stereocenters. The lowest BCUT2D eigenvalue weighted by atomic mass is 10.2. The van der Waals surface area contributed by atoms with Gasteiger partial charge in [0.1, 0.15) is 0 Å². The van der Waals surface area contributed by atoms with E-state index >= 15 is 0 Å². The molecule has 1 N–H and O–H groups in total. The Morgan fingerprint density at radius 3 is 2.38 bits per heavy atom. The number of carbonyl (C=O) groups excluding carboxylic acids is 1. The third kappa shape index (κ3) is 4.21. The molecule has 1 saturated heterocycles. The van der Waals surface area contributed by atoms with E-state index in [9.17, 15) is 13.2 Å². The van der Waals surface area contributed by atoms with E-state index in [0.717, 1.165) is 19.3 Å². The van der Waals surface area contributed by atoms with Gasteiger partial charge in [0.25, 0.3) is 0 Å². The van der Waals surface area contributed by atoms with Gasteiger partial charge in [-0.25, -0.2) is 8.42 Å². The van der Waals surface area contributed by atoms with Gasteiger partial charge < -0.3 is 5.32 Å². The van der Waals surface area contributed by atoms with Gasteiger partial charge in [0.15, 0.2) is 0 Å². The number of benzene rings is 1. The number of sulfonamides is 1. The monoisotopic (exact) mass is 328 g/mol. The van der Waals surface area contributed by atoms with Crippen molar-refractivity contribution in [1.29, 1.82) is 0 Å². The highest BCUT2D eigenvalue weighted by molar-refractivity contribution is 7.99. The smallest absolute Gasteiger partial charge is 0.243 e. The second kappa shape index (κ2) is 7.29. The van der Waals surface area contributed by atoms with Crippen LogP contribution in [0.5, 0.6) is 0 Å². The molecule has 1 aliphatic rings. The van der Waals surface area contributed by atoms with E-state index in [1.54, 1.807) is 24.3 Å². The number of carbonyl (C=O) groups is 1. The number of anilines is 1. The Hall–Kier alpha value is -1.05. The van der Waals surface area contributed by atoms with Crippen molar-refractivity contribution in [2.75, 3.05) is 30.4 Å². The van der Waals surface area contributed by atoms with Crippen molar-refractivity contribution in [3.8, 4) is 0 Å². The number of nitrogens with one attached hydrogen (secondary N) is 1. The fraction of sp³-hybridized carbons (Fsp3) is 0.500. The highest BCUT2D eigenvalue weighted by atomic mass is 32.2. The summed E-state index contributed by atoms with van der Waals surface area (Å²) < 4.78 is 26.5. The summed E-state index contributed by atoms with van der Waals surface area (Å²) in [7, 11) is -3.40. The van der Waals surface area contributed by atoms with Crippen LogP contribution in [0.4, 0.5) is 5.69 Å². The van der Waals surface area contributed by atoms with Crippen molar-refractivity contribution in [3.05, 3.63) is 24.3 Å². The SMILES string of the molecule is CSCC(=O)Nc1ccc(S(=O)(=O)N2CCCCC2)cc1. The lowest BCUT2D eigenvalue weighted by molar-refractivity contribution is -0.113. The number of nitrogens with zero attached hydrogens (tertiary/aromatic N) is 1. The van der Waals surface area contributed by atoms with Gasteiger partial charge in [-0.1, -0.05) is 6.42 Å². The van der Waals surface area contributed by atoms with Crippen molar-refractivity contribution in [2.45, 2.75) is 24.2 Å². The predicted molar refractivity (Wildman–Crippen MR) is 86.1 cm³/mol. The predicted octanol–water partition coefficient (Wildman–Crippen LogP) is 2.16. The van der Waals surface area contributed by atoms with Crippen LogP contribution in [0.25, 0.3) is 0 Å². The van der Waals surface area contributed by atoms with Gasteiger partial charge in [0.2, 0.25) is 15.9 Å². The molecule has 1 aromatic carbocycles. The van der Waals surface area contributed by atoms with Crippen LogP contribution in [-0.4, -0.2) is 43.7 Å². The fourth-order valence-electron chi connectivity index (χ4n) is 2.29. The topological polar surface area (TPSA) is 66.5 Å². The van der Waals surface area contributed by atoms with E-state index in [4.69, 9.17) is 0 Å². The number of rotatable bonds is 5. The van der Waals surface area contributed by atoms with Crippen LogP contribution in [0.15, 0.2) is 29.2 Å². The van der Waals surface area contributed by atoms with Gasteiger partial charge in [-0.15, -0.1) is 0 Å². The maximum absolute atomic E-state index is 12.5. The number of amides is 1. The summed E-state index contributed by atoms with van der Waals surface area (Å²) in [6.45, 7) is 1.18. The maximum atomic E-state index is 12.5. The molecule has 7 heteroatoms. The molecule has 1 aliphatic heterocycles. The number of hydrogen-bond donors (Lipinski definition) is 1. The van der Waals surface area contributed by atoms with Gasteiger partial charge >= 0.3 is 0 Å². The summed E-state index contributed by atoms with van der Waals surface area (Å²) >= 11 is 1.44. The van der Waals surface area contributed by atoms with Crippen LogP contribution in [0, 0.1) is 0 Å². The quantitative estimate of drug-likeness (QED) is 0.899. The lowest BCUT2D eigenvalue weighted by Crippen LogP contribution is -2.35. The van der Waals surface area contributed by atoms with Crippen LogP contribution < -0.4 is 5.32 Å². The largest absolute Gasteiger partial charge is 0.325 e. The van der Waals surface area contributed by atoms with Crippen LogP contribution in [-0.2, 0) is 14.8 Å². The third-order valence-corrected chi connectivity index (χ3v) is 5.83. The Labute approximate surface area is 130 Å². The molecule has 21 heavy (non-hydrogen) atoms. The summed E-state index contributed by atoms with van der Waals surface area (Å²) in [5.74, 6) is 0.294. The molecule has 0 bridgehead atoms. The van der Waals surface area contributed by atoms with E-state index in [-0.39, 0.29) is 10.8 Å². The molecule has 0 unspecified atom stereocenters. The lowest BCUT2D eigenvalue weighted by Gasteiger charge is -2.25. The second-order valence-corrected chi connectivity index (χ2v) is 7.77. The molecule has 0 saturated carbocycles. The van der Waals surface area contributed by atoms with E-state index in [2.05, 4.69) is 5.32 Å². The molecule has 1 heterocycles. The van der Waals surface area contributed by atoms with E-state index in [1.807, 2.05) is 6.26 Å².